The van der Waals surface area contributed by atoms with Crippen LogP contribution in [0.3, 0.4) is 0 Å². The molecule has 1 aromatic rings. The highest BCUT2D eigenvalue weighted by atomic mass is 16.4. The molecule has 0 aliphatic carbocycles. The van der Waals surface area contributed by atoms with Crippen LogP contribution < -0.4 is 5.32 Å². The lowest BCUT2D eigenvalue weighted by Crippen LogP contribution is -2.33. The Kier molecular flexibility index (Phi) is 3.86. The third-order valence-corrected chi connectivity index (χ3v) is 2.55. The Hall–Kier alpha value is -1.35. The van der Waals surface area contributed by atoms with Gasteiger partial charge in [0.25, 0.3) is 0 Å². The van der Waals surface area contributed by atoms with Crippen LogP contribution in [-0.4, -0.2) is 17.1 Å². The molecule has 0 saturated heterocycles. The van der Waals surface area contributed by atoms with E-state index in [0.29, 0.717) is 6.54 Å². The summed E-state index contributed by atoms with van der Waals surface area (Å²) in [7, 11) is 0. The highest BCUT2D eigenvalue weighted by Gasteiger charge is 2.09. The zero-order chi connectivity index (χ0) is 11.4. The average Bonchev–Trinajstić information content (AvgIpc) is 2.19. The fraction of sp³-hybridized carbons (Fsp3) is 0.417. The molecule has 0 heterocycles. The summed E-state index contributed by atoms with van der Waals surface area (Å²) >= 11 is 0. The lowest BCUT2D eigenvalue weighted by atomic mass is 10.1. The summed E-state index contributed by atoms with van der Waals surface area (Å²) in [6, 6.07) is 5.64. The molecule has 0 spiro atoms. The maximum Gasteiger partial charge on any atom is 0.320 e. The maximum atomic E-state index is 10.6. The Morgan fingerprint density at radius 1 is 1.40 bits per heavy atom. The molecule has 0 amide bonds. The van der Waals surface area contributed by atoms with E-state index in [4.69, 9.17) is 5.11 Å². The summed E-state index contributed by atoms with van der Waals surface area (Å²) in [4.78, 5) is 10.6. The maximum absolute atomic E-state index is 10.6. The lowest BCUT2D eigenvalue weighted by Gasteiger charge is -2.10. The number of aryl methyl sites for hydroxylation is 2. The SMILES string of the molecule is Cc1ccc(CNC(C)C(=O)O)cc1C. The minimum Gasteiger partial charge on any atom is -0.480 e. The summed E-state index contributed by atoms with van der Waals surface area (Å²) in [6.07, 6.45) is 0. The Bertz CT molecular complexity index is 361. The predicted molar refractivity (Wildman–Crippen MR) is 59.9 cm³/mol. The number of nitrogens with one attached hydrogen (secondary N) is 1. The van der Waals surface area contributed by atoms with Crippen molar-refractivity contribution in [2.24, 2.45) is 0 Å². The van der Waals surface area contributed by atoms with Crippen molar-refractivity contribution in [3.8, 4) is 0 Å². The van der Waals surface area contributed by atoms with Gasteiger partial charge in [-0.1, -0.05) is 18.2 Å². The van der Waals surface area contributed by atoms with Gasteiger partial charge in [-0.2, -0.15) is 0 Å². The van der Waals surface area contributed by atoms with E-state index in [1.165, 1.54) is 11.1 Å². The molecule has 1 atom stereocenters. The van der Waals surface area contributed by atoms with Gasteiger partial charge in [0.05, 0.1) is 0 Å². The van der Waals surface area contributed by atoms with Gasteiger partial charge < -0.3 is 10.4 Å². The molecular weight excluding hydrogens is 190 g/mol. The molecule has 1 aromatic carbocycles. The highest BCUT2D eigenvalue weighted by molar-refractivity contribution is 5.72. The van der Waals surface area contributed by atoms with Crippen LogP contribution in [0.2, 0.25) is 0 Å². The minimum atomic E-state index is -0.821. The highest BCUT2D eigenvalue weighted by Crippen LogP contribution is 2.09. The molecule has 2 N–H and O–H groups in total. The molecule has 15 heavy (non-hydrogen) atoms. The lowest BCUT2D eigenvalue weighted by molar-refractivity contribution is -0.139. The molecule has 0 aliphatic heterocycles. The van der Waals surface area contributed by atoms with Crippen LogP contribution in [0.25, 0.3) is 0 Å². The largest absolute Gasteiger partial charge is 0.480 e. The Balaban J connectivity index is 2.58. The zero-order valence-electron chi connectivity index (χ0n) is 9.37. The van der Waals surface area contributed by atoms with Gasteiger partial charge >= 0.3 is 5.97 Å². The number of carboxylic acid groups (broad SMARTS) is 1. The van der Waals surface area contributed by atoms with Gasteiger partial charge in [-0.05, 0) is 37.5 Å². The van der Waals surface area contributed by atoms with E-state index in [2.05, 4.69) is 31.3 Å². The zero-order valence-corrected chi connectivity index (χ0v) is 9.37. The molecule has 82 valence electrons. The van der Waals surface area contributed by atoms with Crippen molar-refractivity contribution in [1.29, 1.82) is 0 Å². The van der Waals surface area contributed by atoms with Crippen molar-refractivity contribution in [3.63, 3.8) is 0 Å². The first kappa shape index (κ1) is 11.7. The van der Waals surface area contributed by atoms with E-state index >= 15 is 0 Å². The van der Waals surface area contributed by atoms with Crippen LogP contribution in [-0.2, 0) is 11.3 Å². The van der Waals surface area contributed by atoms with Crippen molar-refractivity contribution < 1.29 is 9.90 Å². The molecule has 3 heteroatoms. The van der Waals surface area contributed by atoms with Gasteiger partial charge in [-0.15, -0.1) is 0 Å². The Morgan fingerprint density at radius 3 is 2.60 bits per heavy atom. The molecule has 0 aromatic heterocycles. The van der Waals surface area contributed by atoms with E-state index in [1.54, 1.807) is 6.92 Å². The number of rotatable bonds is 4. The van der Waals surface area contributed by atoms with Crippen LogP contribution in [0, 0.1) is 13.8 Å². The molecule has 0 radical (unpaired) electrons. The van der Waals surface area contributed by atoms with E-state index < -0.39 is 12.0 Å². The average molecular weight is 207 g/mol. The summed E-state index contributed by atoms with van der Waals surface area (Å²) in [6.45, 7) is 6.35. The number of aliphatic carboxylic acids is 1. The normalized spacial score (nSPS) is 12.5. The number of hydrogen-bond acceptors (Lipinski definition) is 2. The number of carboxylic acids is 1. The Morgan fingerprint density at radius 2 is 2.07 bits per heavy atom. The molecule has 0 bridgehead atoms. The fourth-order valence-electron chi connectivity index (χ4n) is 1.27. The summed E-state index contributed by atoms with van der Waals surface area (Å²) in [5, 5.41) is 11.6. The first-order chi connectivity index (χ1) is 7.00. The van der Waals surface area contributed by atoms with Crippen molar-refractivity contribution in [1.82, 2.24) is 5.32 Å². The smallest absolute Gasteiger partial charge is 0.320 e. The third-order valence-electron chi connectivity index (χ3n) is 2.55. The number of hydrogen-bond donors (Lipinski definition) is 2. The molecule has 3 nitrogen and oxygen atoms in total. The fourth-order valence-corrected chi connectivity index (χ4v) is 1.27. The van der Waals surface area contributed by atoms with E-state index in [-0.39, 0.29) is 0 Å². The molecule has 0 aliphatic rings. The van der Waals surface area contributed by atoms with Gasteiger partial charge in [-0.3, -0.25) is 4.79 Å². The standard InChI is InChI=1S/C12H17NO2/c1-8-4-5-11(6-9(8)2)7-13-10(3)12(14)15/h4-6,10,13H,7H2,1-3H3,(H,14,15). The van der Waals surface area contributed by atoms with Crippen LogP contribution in [0.4, 0.5) is 0 Å². The van der Waals surface area contributed by atoms with E-state index in [1.807, 2.05) is 6.07 Å². The summed E-state index contributed by atoms with van der Waals surface area (Å²) < 4.78 is 0. The second-order valence-corrected chi connectivity index (χ2v) is 3.86. The monoisotopic (exact) mass is 207 g/mol. The van der Waals surface area contributed by atoms with Gasteiger partial charge in [-0.25, -0.2) is 0 Å². The third kappa shape index (κ3) is 3.36. The molecule has 0 fully saturated rings. The second kappa shape index (κ2) is 4.94. The van der Waals surface area contributed by atoms with Crippen LogP contribution >= 0.6 is 0 Å². The Labute approximate surface area is 90.1 Å². The summed E-state index contributed by atoms with van der Waals surface area (Å²) in [5.41, 5.74) is 3.61. The van der Waals surface area contributed by atoms with Crippen LogP contribution in [0.1, 0.15) is 23.6 Å². The first-order valence-electron chi connectivity index (χ1n) is 5.03. The minimum absolute atomic E-state index is 0.508. The number of benzene rings is 1. The quantitative estimate of drug-likeness (QED) is 0.792. The van der Waals surface area contributed by atoms with E-state index in [0.717, 1.165) is 5.56 Å². The van der Waals surface area contributed by atoms with Gasteiger partial charge in [0, 0.05) is 6.54 Å². The van der Waals surface area contributed by atoms with Crippen molar-refractivity contribution in [2.75, 3.05) is 0 Å². The van der Waals surface area contributed by atoms with Crippen molar-refractivity contribution in [2.45, 2.75) is 33.4 Å². The number of carbonyl (C=O) groups is 1. The van der Waals surface area contributed by atoms with Gasteiger partial charge in [0.15, 0.2) is 0 Å². The van der Waals surface area contributed by atoms with Crippen LogP contribution in [0.15, 0.2) is 18.2 Å². The van der Waals surface area contributed by atoms with Crippen molar-refractivity contribution >= 4 is 5.97 Å². The van der Waals surface area contributed by atoms with E-state index in [9.17, 15) is 4.79 Å². The summed E-state index contributed by atoms with van der Waals surface area (Å²) in [5.74, 6) is -0.821. The molecule has 1 rings (SSSR count). The van der Waals surface area contributed by atoms with Gasteiger partial charge in [0.2, 0.25) is 0 Å². The topological polar surface area (TPSA) is 49.3 Å². The molecule has 0 saturated carbocycles. The molecular formula is C12H17NO2. The van der Waals surface area contributed by atoms with Gasteiger partial charge in [0.1, 0.15) is 6.04 Å². The molecule has 1 unspecified atom stereocenters. The second-order valence-electron chi connectivity index (χ2n) is 3.86. The van der Waals surface area contributed by atoms with Crippen molar-refractivity contribution in [3.05, 3.63) is 34.9 Å². The first-order valence-corrected chi connectivity index (χ1v) is 5.03. The van der Waals surface area contributed by atoms with Crippen LogP contribution in [0.5, 0.6) is 0 Å². The predicted octanol–water partition coefficient (Wildman–Crippen LogP) is 1.87.